The van der Waals surface area contributed by atoms with Crippen molar-refractivity contribution in [2.45, 2.75) is 38.5 Å². The third-order valence-electron chi connectivity index (χ3n) is 4.21. The van der Waals surface area contributed by atoms with Crippen molar-refractivity contribution in [3.05, 3.63) is 11.6 Å². The predicted octanol–water partition coefficient (Wildman–Crippen LogP) is 2.71. The summed E-state index contributed by atoms with van der Waals surface area (Å²) in [6, 6.07) is 0. The van der Waals surface area contributed by atoms with Gasteiger partial charge in [0.15, 0.2) is 5.78 Å². The molecule has 0 aromatic heterocycles. The molecule has 2 saturated carbocycles. The Kier molecular flexibility index (Phi) is 1.61. The van der Waals surface area contributed by atoms with Crippen molar-refractivity contribution in [1.29, 1.82) is 0 Å². The van der Waals surface area contributed by atoms with E-state index < -0.39 is 0 Å². The average molecular weight is 176 g/mol. The fourth-order valence-electron chi connectivity index (χ4n) is 3.65. The van der Waals surface area contributed by atoms with Crippen LogP contribution >= 0.6 is 0 Å². The number of carbonyl (C=O) groups is 1. The highest BCUT2D eigenvalue weighted by Gasteiger charge is 2.42. The number of fused-ring (bicyclic) bond motifs is 3. The highest BCUT2D eigenvalue weighted by molar-refractivity contribution is 5.91. The molecule has 3 rings (SSSR count). The number of rotatable bonds is 0. The lowest BCUT2D eigenvalue weighted by Gasteiger charge is -2.19. The molecule has 0 N–H and O–H groups in total. The lowest BCUT2D eigenvalue weighted by molar-refractivity contribution is -0.115. The van der Waals surface area contributed by atoms with Gasteiger partial charge in [0, 0.05) is 6.42 Å². The molecule has 0 saturated heterocycles. The normalized spacial score (nSPS) is 42.9. The van der Waals surface area contributed by atoms with Crippen molar-refractivity contribution < 1.29 is 4.79 Å². The van der Waals surface area contributed by atoms with E-state index in [1.807, 2.05) is 6.08 Å². The maximum Gasteiger partial charge on any atom is 0.155 e. The van der Waals surface area contributed by atoms with E-state index in [2.05, 4.69) is 0 Å². The number of allylic oxidation sites excluding steroid dienone is 2. The molecule has 70 valence electrons. The Morgan fingerprint density at radius 3 is 3.08 bits per heavy atom. The van der Waals surface area contributed by atoms with E-state index in [9.17, 15) is 4.79 Å². The molecule has 0 bridgehead atoms. The Labute approximate surface area is 79.2 Å². The Balaban J connectivity index is 1.94. The molecule has 0 spiro atoms. The van der Waals surface area contributed by atoms with Crippen molar-refractivity contribution in [3.8, 4) is 0 Å². The van der Waals surface area contributed by atoms with Gasteiger partial charge in [-0.25, -0.2) is 0 Å². The first-order chi connectivity index (χ1) is 6.34. The molecular weight excluding hydrogens is 160 g/mol. The average Bonchev–Trinajstić information content (AvgIpc) is 2.64. The van der Waals surface area contributed by atoms with Gasteiger partial charge in [-0.15, -0.1) is 0 Å². The zero-order chi connectivity index (χ0) is 8.84. The zero-order valence-corrected chi connectivity index (χ0v) is 7.96. The fourth-order valence-corrected chi connectivity index (χ4v) is 3.65. The van der Waals surface area contributed by atoms with Gasteiger partial charge in [0.2, 0.25) is 0 Å². The van der Waals surface area contributed by atoms with Crippen molar-refractivity contribution in [2.75, 3.05) is 0 Å². The zero-order valence-electron chi connectivity index (χ0n) is 7.96. The monoisotopic (exact) mass is 176 g/mol. The van der Waals surface area contributed by atoms with Gasteiger partial charge in [-0.2, -0.15) is 0 Å². The Hall–Kier alpha value is -0.590. The Morgan fingerprint density at radius 1 is 1.23 bits per heavy atom. The van der Waals surface area contributed by atoms with E-state index in [0.29, 0.717) is 5.78 Å². The summed E-state index contributed by atoms with van der Waals surface area (Å²) in [6.45, 7) is 0. The van der Waals surface area contributed by atoms with E-state index >= 15 is 0 Å². The van der Waals surface area contributed by atoms with Crippen LogP contribution in [0.2, 0.25) is 0 Å². The highest BCUT2D eigenvalue weighted by atomic mass is 16.1. The van der Waals surface area contributed by atoms with E-state index in [1.54, 1.807) is 5.57 Å². The second kappa shape index (κ2) is 2.70. The molecule has 0 aromatic carbocycles. The number of carbonyl (C=O) groups excluding carboxylic acids is 1. The summed E-state index contributed by atoms with van der Waals surface area (Å²) in [7, 11) is 0. The number of hydrogen-bond acceptors (Lipinski definition) is 1. The standard InChI is InChI=1S/C12H16O/c13-10-5-4-9-6-8-2-1-3-11(8)12(9)7-10/h7-9,11H,1-6H2/t8-,9-,11-/m1/s1. The molecule has 2 fully saturated rings. The van der Waals surface area contributed by atoms with Gasteiger partial charge < -0.3 is 0 Å². The smallest absolute Gasteiger partial charge is 0.155 e. The van der Waals surface area contributed by atoms with Gasteiger partial charge in [-0.1, -0.05) is 12.0 Å². The van der Waals surface area contributed by atoms with Crippen LogP contribution in [0.3, 0.4) is 0 Å². The van der Waals surface area contributed by atoms with E-state index in [-0.39, 0.29) is 0 Å². The van der Waals surface area contributed by atoms with Gasteiger partial charge in [-0.3, -0.25) is 4.79 Å². The van der Waals surface area contributed by atoms with Crippen LogP contribution in [0, 0.1) is 17.8 Å². The number of ketones is 1. The molecule has 3 aliphatic rings. The molecule has 0 aliphatic heterocycles. The third-order valence-corrected chi connectivity index (χ3v) is 4.21. The van der Waals surface area contributed by atoms with Gasteiger partial charge >= 0.3 is 0 Å². The molecule has 0 amide bonds. The molecule has 13 heavy (non-hydrogen) atoms. The van der Waals surface area contributed by atoms with Crippen LogP contribution in [0.1, 0.15) is 38.5 Å². The van der Waals surface area contributed by atoms with Crippen molar-refractivity contribution in [1.82, 2.24) is 0 Å². The summed E-state index contributed by atoms with van der Waals surface area (Å²) in [5.41, 5.74) is 1.54. The van der Waals surface area contributed by atoms with Crippen LogP contribution in [-0.4, -0.2) is 5.78 Å². The molecule has 0 radical (unpaired) electrons. The molecule has 0 unspecified atom stereocenters. The fraction of sp³-hybridized carbons (Fsp3) is 0.750. The van der Waals surface area contributed by atoms with Crippen molar-refractivity contribution in [3.63, 3.8) is 0 Å². The first-order valence-electron chi connectivity index (χ1n) is 5.59. The minimum Gasteiger partial charge on any atom is -0.295 e. The maximum absolute atomic E-state index is 11.3. The lowest BCUT2D eigenvalue weighted by atomic mass is 9.86. The van der Waals surface area contributed by atoms with Crippen LogP contribution < -0.4 is 0 Å². The summed E-state index contributed by atoms with van der Waals surface area (Å²) in [6.07, 6.45) is 9.53. The summed E-state index contributed by atoms with van der Waals surface area (Å²) >= 11 is 0. The largest absolute Gasteiger partial charge is 0.295 e. The van der Waals surface area contributed by atoms with E-state index in [0.717, 1.165) is 30.6 Å². The summed E-state index contributed by atoms with van der Waals surface area (Å²) in [5, 5.41) is 0. The van der Waals surface area contributed by atoms with E-state index in [4.69, 9.17) is 0 Å². The molecule has 0 aromatic rings. The van der Waals surface area contributed by atoms with Gasteiger partial charge in [0.25, 0.3) is 0 Å². The first kappa shape index (κ1) is 7.78. The number of hydrogen-bond donors (Lipinski definition) is 0. The van der Waals surface area contributed by atoms with Crippen LogP contribution in [0.4, 0.5) is 0 Å². The third kappa shape index (κ3) is 1.09. The predicted molar refractivity (Wildman–Crippen MR) is 51.3 cm³/mol. The van der Waals surface area contributed by atoms with Crippen LogP contribution in [0.5, 0.6) is 0 Å². The molecule has 3 aliphatic carbocycles. The molecule has 1 nitrogen and oxygen atoms in total. The van der Waals surface area contributed by atoms with Gasteiger partial charge in [-0.05, 0) is 49.5 Å². The minimum atomic E-state index is 0.388. The summed E-state index contributed by atoms with van der Waals surface area (Å²) < 4.78 is 0. The topological polar surface area (TPSA) is 17.1 Å². The SMILES string of the molecule is O=C1C=C2[C@H](CC1)C[C@H]1CCC[C@@H]21. The second-order valence-electron chi connectivity index (χ2n) is 4.88. The summed E-state index contributed by atoms with van der Waals surface area (Å²) in [4.78, 5) is 11.3. The molecule has 0 heterocycles. The summed E-state index contributed by atoms with van der Waals surface area (Å²) in [5.74, 6) is 2.95. The molecule has 3 atom stereocenters. The van der Waals surface area contributed by atoms with Crippen LogP contribution in [0.25, 0.3) is 0 Å². The molecular formula is C12H16O. The first-order valence-corrected chi connectivity index (χ1v) is 5.59. The quantitative estimate of drug-likeness (QED) is 0.554. The minimum absolute atomic E-state index is 0.388. The Morgan fingerprint density at radius 2 is 2.15 bits per heavy atom. The second-order valence-corrected chi connectivity index (χ2v) is 4.88. The van der Waals surface area contributed by atoms with Crippen molar-refractivity contribution >= 4 is 5.78 Å². The maximum atomic E-state index is 11.3. The van der Waals surface area contributed by atoms with Gasteiger partial charge in [0.05, 0.1) is 0 Å². The lowest BCUT2D eigenvalue weighted by Crippen LogP contribution is -2.12. The molecule has 1 heteroatoms. The van der Waals surface area contributed by atoms with Crippen LogP contribution in [-0.2, 0) is 4.79 Å². The highest BCUT2D eigenvalue weighted by Crippen LogP contribution is 2.52. The van der Waals surface area contributed by atoms with Gasteiger partial charge in [0.1, 0.15) is 0 Å². The van der Waals surface area contributed by atoms with Crippen molar-refractivity contribution in [2.24, 2.45) is 17.8 Å². The van der Waals surface area contributed by atoms with Crippen LogP contribution in [0.15, 0.2) is 11.6 Å². The Bertz CT molecular complexity index is 277. The van der Waals surface area contributed by atoms with E-state index in [1.165, 1.54) is 25.7 Å².